The first-order valence-electron chi connectivity index (χ1n) is 5.74. The zero-order chi connectivity index (χ0) is 10.9. The summed E-state index contributed by atoms with van der Waals surface area (Å²) in [6, 6.07) is 0. The Labute approximate surface area is 91.4 Å². The second kappa shape index (κ2) is 7.46. The smallest absolute Gasteiger partial charge is 0.330 e. The van der Waals surface area contributed by atoms with Gasteiger partial charge in [-0.05, 0) is 25.7 Å². The van der Waals surface area contributed by atoms with Crippen LogP contribution in [-0.2, 0) is 14.3 Å². The number of esters is 1. The van der Waals surface area contributed by atoms with Crippen LogP contribution in [0.1, 0.15) is 32.6 Å². The highest BCUT2D eigenvalue weighted by molar-refractivity contribution is 5.81. The fourth-order valence-electron chi connectivity index (χ4n) is 1.81. The first-order chi connectivity index (χ1) is 7.33. The van der Waals surface area contributed by atoms with Gasteiger partial charge >= 0.3 is 5.97 Å². The summed E-state index contributed by atoms with van der Waals surface area (Å²) in [5.74, 6) is 0.447. The van der Waals surface area contributed by atoms with Crippen LogP contribution in [0.3, 0.4) is 0 Å². The van der Waals surface area contributed by atoms with E-state index in [-0.39, 0.29) is 5.97 Å². The second-order valence-electron chi connectivity index (χ2n) is 3.84. The van der Waals surface area contributed by atoms with E-state index in [0.29, 0.717) is 13.2 Å². The van der Waals surface area contributed by atoms with E-state index in [0.717, 1.165) is 12.5 Å². The van der Waals surface area contributed by atoms with E-state index in [4.69, 9.17) is 9.47 Å². The van der Waals surface area contributed by atoms with Gasteiger partial charge in [-0.1, -0.05) is 18.9 Å². The molecule has 0 atom stereocenters. The van der Waals surface area contributed by atoms with Crippen molar-refractivity contribution in [2.24, 2.45) is 5.92 Å². The summed E-state index contributed by atoms with van der Waals surface area (Å²) in [4.78, 5) is 10.9. The molecule has 0 N–H and O–H groups in total. The molecule has 3 nitrogen and oxygen atoms in total. The van der Waals surface area contributed by atoms with Gasteiger partial charge in [0.25, 0.3) is 0 Å². The van der Waals surface area contributed by atoms with Crippen LogP contribution >= 0.6 is 0 Å². The fourth-order valence-corrected chi connectivity index (χ4v) is 1.81. The minimum absolute atomic E-state index is 0.290. The van der Waals surface area contributed by atoms with Crippen molar-refractivity contribution in [3.05, 3.63) is 12.2 Å². The normalized spacial score (nSPS) is 17.4. The average molecular weight is 212 g/mol. The van der Waals surface area contributed by atoms with Crippen molar-refractivity contribution in [2.75, 3.05) is 19.8 Å². The van der Waals surface area contributed by atoms with E-state index >= 15 is 0 Å². The quantitative estimate of drug-likeness (QED) is 0.385. The van der Waals surface area contributed by atoms with E-state index in [1.165, 1.54) is 31.8 Å². The number of carbonyl (C=O) groups is 1. The van der Waals surface area contributed by atoms with E-state index < -0.39 is 0 Å². The predicted molar refractivity (Wildman–Crippen MR) is 58.6 cm³/mol. The first kappa shape index (κ1) is 12.2. The average Bonchev–Trinajstić information content (AvgIpc) is 2.70. The molecule has 86 valence electrons. The van der Waals surface area contributed by atoms with Gasteiger partial charge in [0.15, 0.2) is 0 Å². The molecule has 0 radical (unpaired) electrons. The lowest BCUT2D eigenvalue weighted by Gasteiger charge is -2.07. The number of carbonyl (C=O) groups excluding carboxylic acids is 1. The molecular formula is C12H20O3. The van der Waals surface area contributed by atoms with Crippen LogP contribution in [0.5, 0.6) is 0 Å². The molecule has 1 saturated carbocycles. The van der Waals surface area contributed by atoms with E-state index in [1.807, 2.05) is 0 Å². The minimum Gasteiger partial charge on any atom is -0.463 e. The molecule has 0 aromatic heterocycles. The monoisotopic (exact) mass is 212 g/mol. The molecule has 0 bridgehead atoms. The Balaban J connectivity index is 1.97. The number of hydrogen-bond donors (Lipinski definition) is 0. The second-order valence-corrected chi connectivity index (χ2v) is 3.84. The molecule has 15 heavy (non-hydrogen) atoms. The van der Waals surface area contributed by atoms with Crippen LogP contribution in [0.4, 0.5) is 0 Å². The van der Waals surface area contributed by atoms with Crippen molar-refractivity contribution < 1.29 is 14.3 Å². The van der Waals surface area contributed by atoms with Crippen LogP contribution in [-0.4, -0.2) is 25.8 Å². The lowest BCUT2D eigenvalue weighted by Crippen LogP contribution is -2.06. The van der Waals surface area contributed by atoms with Crippen LogP contribution in [0.25, 0.3) is 0 Å². The van der Waals surface area contributed by atoms with Gasteiger partial charge < -0.3 is 9.47 Å². The zero-order valence-electron chi connectivity index (χ0n) is 9.41. The maximum absolute atomic E-state index is 10.9. The molecule has 0 aliphatic heterocycles. The lowest BCUT2D eigenvalue weighted by molar-refractivity contribution is -0.137. The van der Waals surface area contributed by atoms with Gasteiger partial charge in [0.1, 0.15) is 0 Å². The number of ether oxygens (including phenoxy) is 2. The topological polar surface area (TPSA) is 35.5 Å². The summed E-state index contributed by atoms with van der Waals surface area (Å²) in [5.41, 5.74) is 0. The highest BCUT2D eigenvalue weighted by Gasteiger charge is 2.14. The van der Waals surface area contributed by atoms with Crippen molar-refractivity contribution in [1.82, 2.24) is 0 Å². The minimum atomic E-state index is -0.290. The van der Waals surface area contributed by atoms with Gasteiger partial charge in [-0.25, -0.2) is 4.79 Å². The Hall–Kier alpha value is -0.830. The molecule has 0 amide bonds. The van der Waals surface area contributed by atoms with Crippen molar-refractivity contribution in [1.29, 1.82) is 0 Å². The van der Waals surface area contributed by atoms with Gasteiger partial charge in [0.2, 0.25) is 0 Å². The van der Waals surface area contributed by atoms with Crippen LogP contribution in [0.15, 0.2) is 12.2 Å². The van der Waals surface area contributed by atoms with Crippen LogP contribution in [0.2, 0.25) is 0 Å². The molecule has 0 aromatic carbocycles. The van der Waals surface area contributed by atoms with Crippen LogP contribution < -0.4 is 0 Å². The van der Waals surface area contributed by atoms with Crippen molar-refractivity contribution in [3.8, 4) is 0 Å². The maximum Gasteiger partial charge on any atom is 0.330 e. The molecule has 1 rings (SSSR count). The third kappa shape index (κ3) is 5.57. The SMILES string of the molecule is CCOC(=O)/C=C/COCC1CCCC1. The molecule has 1 fully saturated rings. The van der Waals surface area contributed by atoms with Crippen LogP contribution in [0, 0.1) is 5.92 Å². The Kier molecular flexibility index (Phi) is 6.09. The lowest BCUT2D eigenvalue weighted by atomic mass is 10.1. The van der Waals surface area contributed by atoms with Crippen molar-refractivity contribution >= 4 is 5.97 Å². The fraction of sp³-hybridized carbons (Fsp3) is 0.750. The first-order valence-corrected chi connectivity index (χ1v) is 5.74. The van der Waals surface area contributed by atoms with E-state index in [1.54, 1.807) is 13.0 Å². The Bertz CT molecular complexity index is 205. The molecule has 0 aromatic rings. The zero-order valence-corrected chi connectivity index (χ0v) is 9.41. The summed E-state index contributed by atoms with van der Waals surface area (Å²) in [5, 5.41) is 0. The molecule has 0 saturated heterocycles. The largest absolute Gasteiger partial charge is 0.463 e. The summed E-state index contributed by atoms with van der Waals surface area (Å²) < 4.78 is 10.2. The Morgan fingerprint density at radius 2 is 2.13 bits per heavy atom. The molecular weight excluding hydrogens is 192 g/mol. The summed E-state index contributed by atoms with van der Waals surface area (Å²) in [6.07, 6.45) is 8.41. The van der Waals surface area contributed by atoms with Gasteiger partial charge in [-0.3, -0.25) is 0 Å². The standard InChI is InChI=1S/C12H20O3/c1-2-15-12(13)8-5-9-14-10-11-6-3-4-7-11/h5,8,11H,2-4,6-7,9-10H2,1H3/b8-5+. The molecule has 3 heteroatoms. The molecule has 0 unspecified atom stereocenters. The van der Waals surface area contributed by atoms with E-state index in [9.17, 15) is 4.79 Å². The predicted octanol–water partition coefficient (Wildman–Crippen LogP) is 2.31. The third-order valence-electron chi connectivity index (χ3n) is 2.58. The Morgan fingerprint density at radius 3 is 2.80 bits per heavy atom. The highest BCUT2D eigenvalue weighted by Crippen LogP contribution is 2.24. The van der Waals surface area contributed by atoms with Gasteiger partial charge in [0.05, 0.1) is 13.2 Å². The molecule has 0 heterocycles. The van der Waals surface area contributed by atoms with Crippen molar-refractivity contribution in [3.63, 3.8) is 0 Å². The van der Waals surface area contributed by atoms with Gasteiger partial charge in [-0.15, -0.1) is 0 Å². The highest BCUT2D eigenvalue weighted by atomic mass is 16.5. The Morgan fingerprint density at radius 1 is 1.40 bits per heavy atom. The van der Waals surface area contributed by atoms with Gasteiger partial charge in [-0.2, -0.15) is 0 Å². The van der Waals surface area contributed by atoms with Crippen molar-refractivity contribution in [2.45, 2.75) is 32.6 Å². The molecule has 1 aliphatic rings. The number of rotatable bonds is 6. The number of hydrogen-bond acceptors (Lipinski definition) is 3. The van der Waals surface area contributed by atoms with E-state index in [2.05, 4.69) is 0 Å². The maximum atomic E-state index is 10.9. The molecule has 1 aliphatic carbocycles. The van der Waals surface area contributed by atoms with Gasteiger partial charge in [0, 0.05) is 12.7 Å². The summed E-state index contributed by atoms with van der Waals surface area (Å²) in [6.45, 7) is 3.55. The summed E-state index contributed by atoms with van der Waals surface area (Å²) >= 11 is 0. The summed E-state index contributed by atoms with van der Waals surface area (Å²) in [7, 11) is 0. The molecule has 0 spiro atoms. The third-order valence-corrected chi connectivity index (χ3v) is 2.58.